The third-order valence-corrected chi connectivity index (χ3v) is 3.95. The van der Waals surface area contributed by atoms with Crippen molar-refractivity contribution in [3.63, 3.8) is 0 Å². The van der Waals surface area contributed by atoms with Crippen molar-refractivity contribution in [3.8, 4) is 6.07 Å². The van der Waals surface area contributed by atoms with Gasteiger partial charge in [-0.25, -0.2) is 4.39 Å². The van der Waals surface area contributed by atoms with Gasteiger partial charge in [-0.05, 0) is 24.6 Å². The van der Waals surface area contributed by atoms with Gasteiger partial charge in [-0.2, -0.15) is 5.26 Å². The normalized spacial score (nSPS) is 17.8. The molecule has 1 aromatic rings. The molecule has 1 aromatic carbocycles. The number of carbonyl (C=O) groups is 1. The summed E-state index contributed by atoms with van der Waals surface area (Å²) in [6.07, 6.45) is 1.33. The van der Waals surface area contributed by atoms with Gasteiger partial charge < -0.3 is 9.47 Å². The maximum Gasteiger partial charge on any atom is 0.328 e. The van der Waals surface area contributed by atoms with Crippen LogP contribution in [0.1, 0.15) is 18.5 Å². The molecule has 1 saturated heterocycles. The van der Waals surface area contributed by atoms with Crippen molar-refractivity contribution in [2.24, 2.45) is 10.9 Å². The van der Waals surface area contributed by atoms with Crippen molar-refractivity contribution < 1.29 is 18.7 Å². The van der Waals surface area contributed by atoms with Crippen LogP contribution in [0.2, 0.25) is 0 Å². The minimum absolute atomic E-state index is 0.0673. The van der Waals surface area contributed by atoms with Gasteiger partial charge in [0, 0.05) is 19.3 Å². The molecular weight excluding hydrogens is 325 g/mol. The van der Waals surface area contributed by atoms with Gasteiger partial charge in [0.25, 0.3) is 0 Å². The summed E-state index contributed by atoms with van der Waals surface area (Å²) in [4.78, 5) is 18.2. The van der Waals surface area contributed by atoms with E-state index in [0.29, 0.717) is 19.8 Å². The Labute approximate surface area is 146 Å². The first-order valence-corrected chi connectivity index (χ1v) is 8.29. The number of carbonyl (C=O) groups excluding carboxylic acids is 1. The molecule has 2 atom stereocenters. The van der Waals surface area contributed by atoms with Gasteiger partial charge in [0.05, 0.1) is 38.5 Å². The van der Waals surface area contributed by atoms with Gasteiger partial charge >= 0.3 is 5.97 Å². The number of halogens is 1. The maximum atomic E-state index is 13.2. The summed E-state index contributed by atoms with van der Waals surface area (Å²) in [5.74, 6) is -1.91. The molecule has 0 N–H and O–H groups in total. The van der Waals surface area contributed by atoms with Crippen molar-refractivity contribution in [2.75, 3.05) is 39.5 Å². The Hall–Kier alpha value is -2.30. The first-order chi connectivity index (χ1) is 12.2. The van der Waals surface area contributed by atoms with Crippen LogP contribution in [0.5, 0.6) is 0 Å². The van der Waals surface area contributed by atoms with E-state index in [0.717, 1.165) is 18.7 Å². The number of hydrogen-bond acceptors (Lipinski definition) is 6. The third-order valence-electron chi connectivity index (χ3n) is 3.95. The molecule has 134 valence electrons. The highest BCUT2D eigenvalue weighted by Gasteiger charge is 2.23. The lowest BCUT2D eigenvalue weighted by molar-refractivity contribution is -0.143. The molecule has 0 bridgehead atoms. The highest BCUT2D eigenvalue weighted by molar-refractivity contribution is 5.92. The zero-order valence-corrected chi connectivity index (χ0v) is 14.2. The number of nitriles is 1. The molecule has 7 heteroatoms. The first-order valence-electron chi connectivity index (χ1n) is 8.29. The molecule has 0 aliphatic carbocycles. The van der Waals surface area contributed by atoms with Crippen LogP contribution in [-0.4, -0.2) is 56.5 Å². The average Bonchev–Trinajstić information content (AvgIpc) is 2.64. The van der Waals surface area contributed by atoms with Gasteiger partial charge in [0.15, 0.2) is 5.92 Å². The number of nitrogens with zero attached hydrogens (tertiary/aromatic N) is 3. The van der Waals surface area contributed by atoms with Crippen molar-refractivity contribution >= 4 is 12.2 Å². The van der Waals surface area contributed by atoms with E-state index in [1.165, 1.54) is 18.3 Å². The lowest BCUT2D eigenvalue weighted by atomic mass is 10.0. The number of benzene rings is 1. The molecule has 1 aliphatic heterocycles. The van der Waals surface area contributed by atoms with E-state index in [4.69, 9.17) is 14.7 Å². The Kier molecular flexibility index (Phi) is 7.51. The quantitative estimate of drug-likeness (QED) is 0.557. The topological polar surface area (TPSA) is 74.9 Å². The number of rotatable bonds is 7. The maximum absolute atomic E-state index is 13.2. The number of ether oxygens (including phenoxy) is 2. The van der Waals surface area contributed by atoms with E-state index in [1.54, 1.807) is 19.1 Å². The summed E-state index contributed by atoms with van der Waals surface area (Å²) in [7, 11) is 0. The highest BCUT2D eigenvalue weighted by atomic mass is 19.1. The van der Waals surface area contributed by atoms with E-state index in [1.807, 2.05) is 6.07 Å². The summed E-state index contributed by atoms with van der Waals surface area (Å²) in [5, 5.41) is 9.07. The van der Waals surface area contributed by atoms with Crippen LogP contribution in [0.4, 0.5) is 4.39 Å². The Balaban J connectivity index is 2.10. The monoisotopic (exact) mass is 347 g/mol. The zero-order chi connectivity index (χ0) is 18.1. The summed E-state index contributed by atoms with van der Waals surface area (Å²) >= 11 is 0. The van der Waals surface area contributed by atoms with Crippen molar-refractivity contribution in [2.45, 2.75) is 13.0 Å². The second kappa shape index (κ2) is 9.87. The van der Waals surface area contributed by atoms with Gasteiger partial charge in [-0.15, -0.1) is 0 Å². The van der Waals surface area contributed by atoms with Crippen LogP contribution in [0.25, 0.3) is 0 Å². The SMILES string of the molecule is CCOC(=O)[C@@H](C#N)C=NC[C@H](c1ccc(F)cc1)N1CCOCC1. The Morgan fingerprint density at radius 2 is 2.12 bits per heavy atom. The smallest absolute Gasteiger partial charge is 0.328 e. The fourth-order valence-electron chi connectivity index (χ4n) is 2.65. The number of morpholine rings is 1. The van der Waals surface area contributed by atoms with Crippen LogP contribution >= 0.6 is 0 Å². The summed E-state index contributed by atoms with van der Waals surface area (Å²) < 4.78 is 23.4. The summed E-state index contributed by atoms with van der Waals surface area (Å²) in [6, 6.07) is 8.12. The van der Waals surface area contributed by atoms with Crippen molar-refractivity contribution in [3.05, 3.63) is 35.6 Å². The molecule has 0 amide bonds. The molecule has 0 aromatic heterocycles. The second-order valence-electron chi connectivity index (χ2n) is 5.59. The fourth-order valence-corrected chi connectivity index (χ4v) is 2.65. The lowest BCUT2D eigenvalue weighted by Gasteiger charge is -2.34. The zero-order valence-electron chi connectivity index (χ0n) is 14.2. The molecule has 2 rings (SSSR count). The van der Waals surface area contributed by atoms with E-state index in [-0.39, 0.29) is 18.5 Å². The molecule has 1 heterocycles. The predicted molar refractivity (Wildman–Crippen MR) is 90.6 cm³/mol. The van der Waals surface area contributed by atoms with E-state index < -0.39 is 11.9 Å². The molecule has 0 unspecified atom stereocenters. The van der Waals surface area contributed by atoms with Crippen molar-refractivity contribution in [1.29, 1.82) is 5.26 Å². The Morgan fingerprint density at radius 3 is 2.72 bits per heavy atom. The molecule has 0 radical (unpaired) electrons. The average molecular weight is 347 g/mol. The number of hydrogen-bond donors (Lipinski definition) is 0. The van der Waals surface area contributed by atoms with Gasteiger partial charge in [0.2, 0.25) is 0 Å². The van der Waals surface area contributed by atoms with Crippen LogP contribution in [0, 0.1) is 23.1 Å². The minimum Gasteiger partial charge on any atom is -0.465 e. The van der Waals surface area contributed by atoms with E-state index >= 15 is 0 Å². The first kappa shape index (κ1) is 19.0. The molecule has 6 nitrogen and oxygen atoms in total. The second-order valence-corrected chi connectivity index (χ2v) is 5.59. The highest BCUT2D eigenvalue weighted by Crippen LogP contribution is 2.22. The van der Waals surface area contributed by atoms with Gasteiger partial charge in [0.1, 0.15) is 5.82 Å². The summed E-state index contributed by atoms with van der Waals surface area (Å²) in [6.45, 7) is 5.02. The third kappa shape index (κ3) is 5.62. The largest absolute Gasteiger partial charge is 0.465 e. The van der Waals surface area contributed by atoms with Crippen LogP contribution in [-0.2, 0) is 14.3 Å². The molecule has 1 fully saturated rings. The molecular formula is C18H22FN3O3. The lowest BCUT2D eigenvalue weighted by Crippen LogP contribution is -2.40. The number of esters is 1. The van der Waals surface area contributed by atoms with Crippen LogP contribution in [0.15, 0.2) is 29.3 Å². The Bertz CT molecular complexity index is 621. The van der Waals surface area contributed by atoms with E-state index in [2.05, 4.69) is 9.89 Å². The molecule has 1 aliphatic rings. The van der Waals surface area contributed by atoms with Crippen molar-refractivity contribution in [1.82, 2.24) is 4.90 Å². The summed E-state index contributed by atoms with van der Waals surface area (Å²) in [5.41, 5.74) is 0.935. The van der Waals surface area contributed by atoms with Crippen LogP contribution < -0.4 is 0 Å². The minimum atomic E-state index is -1.02. The van der Waals surface area contributed by atoms with E-state index in [9.17, 15) is 9.18 Å². The number of aliphatic imine (C=N–C) groups is 1. The van der Waals surface area contributed by atoms with Gasteiger partial charge in [-0.3, -0.25) is 14.7 Å². The fraction of sp³-hybridized carbons (Fsp3) is 0.500. The molecule has 0 spiro atoms. The molecule has 0 saturated carbocycles. The Morgan fingerprint density at radius 1 is 1.44 bits per heavy atom. The van der Waals surface area contributed by atoms with Gasteiger partial charge in [-0.1, -0.05) is 12.1 Å². The predicted octanol–water partition coefficient (Wildman–Crippen LogP) is 1.97. The van der Waals surface area contributed by atoms with Crippen LogP contribution in [0.3, 0.4) is 0 Å². The molecule has 25 heavy (non-hydrogen) atoms. The standard InChI is InChI=1S/C18H22FN3O3/c1-2-25-18(23)15(11-20)12-21-13-17(22-7-9-24-10-8-22)14-3-5-16(19)6-4-14/h3-6,12,15,17H,2,7-10,13H2,1H3/t15-,17+/m0/s1.